The molecule has 0 radical (unpaired) electrons. The molecule has 1 aromatic rings. The SMILES string of the molecule is COc1ccc(CCNC(=S)NCCCSC)cc1. The van der Waals surface area contributed by atoms with Crippen molar-refractivity contribution in [3.05, 3.63) is 29.8 Å². The number of hydrogen-bond acceptors (Lipinski definition) is 3. The summed E-state index contributed by atoms with van der Waals surface area (Å²) in [5.74, 6) is 2.06. The number of thiocarbonyl (C=S) groups is 1. The largest absolute Gasteiger partial charge is 0.497 e. The minimum Gasteiger partial charge on any atom is -0.497 e. The van der Waals surface area contributed by atoms with Gasteiger partial charge in [-0.15, -0.1) is 0 Å². The Balaban J connectivity index is 2.13. The van der Waals surface area contributed by atoms with Crippen LogP contribution in [0.5, 0.6) is 5.75 Å². The average molecular weight is 298 g/mol. The van der Waals surface area contributed by atoms with Gasteiger partial charge in [0.25, 0.3) is 0 Å². The van der Waals surface area contributed by atoms with E-state index in [9.17, 15) is 0 Å². The van der Waals surface area contributed by atoms with Crippen molar-refractivity contribution in [1.82, 2.24) is 10.6 Å². The van der Waals surface area contributed by atoms with Crippen LogP contribution in [0.1, 0.15) is 12.0 Å². The van der Waals surface area contributed by atoms with Crippen molar-refractivity contribution in [2.75, 3.05) is 32.2 Å². The number of thioether (sulfide) groups is 1. The number of rotatable bonds is 8. The predicted octanol–water partition coefficient (Wildman–Crippen LogP) is 2.45. The average Bonchev–Trinajstić information content (AvgIpc) is 2.44. The summed E-state index contributed by atoms with van der Waals surface area (Å²) in [4.78, 5) is 0. The Kier molecular flexibility index (Phi) is 8.41. The maximum atomic E-state index is 5.21. The van der Waals surface area contributed by atoms with Gasteiger partial charge in [-0.25, -0.2) is 0 Å². The summed E-state index contributed by atoms with van der Waals surface area (Å²) in [7, 11) is 1.68. The molecule has 0 atom stereocenters. The summed E-state index contributed by atoms with van der Waals surface area (Å²) in [6, 6.07) is 8.12. The Morgan fingerprint density at radius 2 is 1.89 bits per heavy atom. The highest BCUT2D eigenvalue weighted by Crippen LogP contribution is 2.11. The van der Waals surface area contributed by atoms with Gasteiger partial charge in [0.1, 0.15) is 5.75 Å². The summed E-state index contributed by atoms with van der Waals surface area (Å²) in [6.07, 6.45) is 4.21. The summed E-state index contributed by atoms with van der Waals surface area (Å²) < 4.78 is 5.13. The molecule has 0 saturated heterocycles. The molecule has 0 aliphatic heterocycles. The topological polar surface area (TPSA) is 33.3 Å². The first-order chi connectivity index (χ1) is 9.26. The van der Waals surface area contributed by atoms with Crippen molar-refractivity contribution in [2.24, 2.45) is 0 Å². The number of hydrogen-bond donors (Lipinski definition) is 2. The molecule has 0 aliphatic rings. The van der Waals surface area contributed by atoms with Gasteiger partial charge in [0.05, 0.1) is 7.11 Å². The van der Waals surface area contributed by atoms with Crippen LogP contribution in [0.3, 0.4) is 0 Å². The van der Waals surface area contributed by atoms with E-state index in [1.54, 1.807) is 7.11 Å². The normalized spacial score (nSPS) is 10.0. The third kappa shape index (κ3) is 7.28. The summed E-state index contributed by atoms with van der Waals surface area (Å²) >= 11 is 7.07. The van der Waals surface area contributed by atoms with Crippen LogP contribution in [0.4, 0.5) is 0 Å². The number of methoxy groups -OCH3 is 1. The highest BCUT2D eigenvalue weighted by atomic mass is 32.2. The third-order valence-corrected chi connectivity index (χ3v) is 3.65. The molecular weight excluding hydrogens is 276 g/mol. The smallest absolute Gasteiger partial charge is 0.166 e. The van der Waals surface area contributed by atoms with Gasteiger partial charge in [-0.1, -0.05) is 12.1 Å². The Morgan fingerprint density at radius 1 is 1.21 bits per heavy atom. The van der Waals surface area contributed by atoms with Crippen LogP contribution in [0, 0.1) is 0 Å². The van der Waals surface area contributed by atoms with E-state index in [-0.39, 0.29) is 0 Å². The zero-order valence-corrected chi connectivity index (χ0v) is 13.2. The fraction of sp³-hybridized carbons (Fsp3) is 0.500. The van der Waals surface area contributed by atoms with Gasteiger partial charge >= 0.3 is 0 Å². The molecule has 0 fully saturated rings. The highest BCUT2D eigenvalue weighted by molar-refractivity contribution is 7.98. The summed E-state index contributed by atoms with van der Waals surface area (Å²) in [5.41, 5.74) is 1.28. The molecule has 0 bridgehead atoms. The monoisotopic (exact) mass is 298 g/mol. The molecule has 1 rings (SSSR count). The van der Waals surface area contributed by atoms with E-state index in [0.29, 0.717) is 0 Å². The van der Waals surface area contributed by atoms with Crippen molar-refractivity contribution in [2.45, 2.75) is 12.8 Å². The lowest BCUT2D eigenvalue weighted by atomic mass is 10.1. The molecule has 5 heteroatoms. The van der Waals surface area contributed by atoms with E-state index in [4.69, 9.17) is 17.0 Å². The van der Waals surface area contributed by atoms with Gasteiger partial charge in [0.2, 0.25) is 0 Å². The Hall–Kier alpha value is -0.940. The van der Waals surface area contributed by atoms with E-state index >= 15 is 0 Å². The second-order valence-corrected chi connectivity index (χ2v) is 5.52. The molecule has 0 heterocycles. The highest BCUT2D eigenvalue weighted by Gasteiger charge is 1.97. The van der Waals surface area contributed by atoms with E-state index in [0.717, 1.165) is 36.8 Å². The van der Waals surface area contributed by atoms with Crippen molar-refractivity contribution in [3.63, 3.8) is 0 Å². The van der Waals surface area contributed by atoms with Gasteiger partial charge in [0.15, 0.2) is 5.11 Å². The fourth-order valence-electron chi connectivity index (χ4n) is 1.59. The molecule has 106 valence electrons. The molecule has 0 aromatic heterocycles. The van der Waals surface area contributed by atoms with Gasteiger partial charge in [0, 0.05) is 13.1 Å². The first kappa shape index (κ1) is 16.1. The quantitative estimate of drug-likeness (QED) is 0.569. The summed E-state index contributed by atoms with van der Waals surface area (Å²) in [6.45, 7) is 1.79. The molecule has 1 aromatic carbocycles. The Bertz CT molecular complexity index is 368. The zero-order chi connectivity index (χ0) is 13.9. The molecule has 2 N–H and O–H groups in total. The van der Waals surface area contributed by atoms with Crippen molar-refractivity contribution in [1.29, 1.82) is 0 Å². The van der Waals surface area contributed by atoms with Crippen LogP contribution in [0.15, 0.2) is 24.3 Å². The Labute approximate surface area is 125 Å². The molecule has 0 saturated carbocycles. The fourth-order valence-corrected chi connectivity index (χ4v) is 2.23. The van der Waals surface area contributed by atoms with Crippen LogP contribution in [0.25, 0.3) is 0 Å². The minimum absolute atomic E-state index is 0.745. The van der Waals surface area contributed by atoms with Crippen LogP contribution in [0.2, 0.25) is 0 Å². The van der Waals surface area contributed by atoms with E-state index < -0.39 is 0 Å². The van der Waals surface area contributed by atoms with Crippen LogP contribution in [-0.2, 0) is 6.42 Å². The van der Waals surface area contributed by atoms with Gasteiger partial charge in [-0.2, -0.15) is 11.8 Å². The molecule has 0 unspecified atom stereocenters. The number of ether oxygens (including phenoxy) is 1. The lowest BCUT2D eigenvalue weighted by Gasteiger charge is -2.10. The second kappa shape index (κ2) is 9.92. The standard InChI is InChI=1S/C14H22N2OS2/c1-17-13-6-4-12(5-7-13)8-10-16-14(18)15-9-3-11-19-2/h4-7H,3,8-11H2,1-2H3,(H2,15,16,18). The van der Waals surface area contributed by atoms with Crippen molar-refractivity contribution >= 4 is 29.1 Å². The molecule has 0 aliphatic carbocycles. The lowest BCUT2D eigenvalue weighted by molar-refractivity contribution is 0.414. The third-order valence-electron chi connectivity index (χ3n) is 2.67. The van der Waals surface area contributed by atoms with E-state index in [1.165, 1.54) is 11.3 Å². The molecular formula is C14H22N2OS2. The maximum Gasteiger partial charge on any atom is 0.166 e. The molecule has 0 amide bonds. The Morgan fingerprint density at radius 3 is 2.53 bits per heavy atom. The molecule has 19 heavy (non-hydrogen) atoms. The van der Waals surface area contributed by atoms with Gasteiger partial charge in [-0.3, -0.25) is 0 Å². The van der Waals surface area contributed by atoms with Crippen LogP contribution in [-0.4, -0.2) is 37.3 Å². The van der Waals surface area contributed by atoms with Crippen LogP contribution < -0.4 is 15.4 Å². The maximum absolute atomic E-state index is 5.21. The molecule has 3 nitrogen and oxygen atoms in total. The predicted molar refractivity (Wildman–Crippen MR) is 88.3 cm³/mol. The first-order valence-corrected chi connectivity index (χ1v) is 8.20. The van der Waals surface area contributed by atoms with E-state index in [1.807, 2.05) is 23.9 Å². The number of nitrogens with one attached hydrogen (secondary N) is 2. The second-order valence-electron chi connectivity index (χ2n) is 4.13. The van der Waals surface area contributed by atoms with Crippen molar-refractivity contribution < 1.29 is 4.74 Å². The van der Waals surface area contributed by atoms with Gasteiger partial charge < -0.3 is 15.4 Å². The van der Waals surface area contributed by atoms with Gasteiger partial charge in [-0.05, 0) is 54.8 Å². The van der Waals surface area contributed by atoms with Crippen LogP contribution >= 0.6 is 24.0 Å². The minimum atomic E-state index is 0.745. The zero-order valence-electron chi connectivity index (χ0n) is 11.6. The first-order valence-electron chi connectivity index (χ1n) is 6.40. The lowest BCUT2D eigenvalue weighted by Crippen LogP contribution is -2.36. The molecule has 0 spiro atoms. The van der Waals surface area contributed by atoms with E-state index in [2.05, 4.69) is 29.0 Å². The summed E-state index contributed by atoms with van der Waals surface area (Å²) in [5, 5.41) is 7.17. The number of benzene rings is 1. The van der Waals surface area contributed by atoms with Crippen molar-refractivity contribution in [3.8, 4) is 5.75 Å².